The zero-order valence-electron chi connectivity index (χ0n) is 15.7. The molecule has 4 heterocycles. The van der Waals surface area contributed by atoms with Crippen molar-refractivity contribution in [3.05, 3.63) is 34.2 Å². The fourth-order valence-electron chi connectivity index (χ4n) is 4.59. The van der Waals surface area contributed by atoms with E-state index in [4.69, 9.17) is 0 Å². The number of nitrogens with zero attached hydrogens (tertiary/aromatic N) is 5. The average molecular weight is 384 g/mol. The van der Waals surface area contributed by atoms with Gasteiger partial charge in [-0.15, -0.1) is 11.3 Å². The topological polar surface area (TPSA) is 62.2 Å². The van der Waals surface area contributed by atoms with Crippen molar-refractivity contribution >= 4 is 23.1 Å². The molecular weight excluding hydrogens is 358 g/mol. The van der Waals surface area contributed by atoms with E-state index < -0.39 is 0 Å². The Hall–Kier alpha value is -2.02. The van der Waals surface area contributed by atoms with Crippen LogP contribution in [0.25, 0.3) is 0 Å². The first-order chi connectivity index (χ1) is 13.2. The van der Waals surface area contributed by atoms with Crippen LogP contribution in [0.1, 0.15) is 40.8 Å². The van der Waals surface area contributed by atoms with Crippen LogP contribution in [0.15, 0.2) is 18.6 Å². The van der Waals surface area contributed by atoms with Gasteiger partial charge in [0.15, 0.2) is 0 Å². The highest BCUT2D eigenvalue weighted by molar-refractivity contribution is 7.11. The third-order valence-electron chi connectivity index (χ3n) is 6.35. The molecule has 3 aliphatic rings. The van der Waals surface area contributed by atoms with E-state index in [1.165, 1.54) is 25.0 Å². The lowest BCUT2D eigenvalue weighted by Gasteiger charge is -2.26. The Morgan fingerprint density at radius 3 is 2.56 bits per heavy atom. The van der Waals surface area contributed by atoms with Gasteiger partial charge in [0.25, 0.3) is 0 Å². The molecule has 0 spiro atoms. The monoisotopic (exact) mass is 383 g/mol. The number of hydrogen-bond donors (Lipinski definition) is 0. The quantitative estimate of drug-likeness (QED) is 0.812. The largest absolute Gasteiger partial charge is 0.356 e. The molecule has 0 radical (unpaired) electrons. The molecule has 2 atom stereocenters. The molecule has 27 heavy (non-hydrogen) atoms. The zero-order valence-corrected chi connectivity index (χ0v) is 16.5. The van der Waals surface area contributed by atoms with Gasteiger partial charge in [-0.2, -0.15) is 0 Å². The maximum absolute atomic E-state index is 12.6. The summed E-state index contributed by atoms with van der Waals surface area (Å²) in [6.45, 7) is 5.72. The highest BCUT2D eigenvalue weighted by atomic mass is 32.1. The van der Waals surface area contributed by atoms with Gasteiger partial charge in [0.1, 0.15) is 12.1 Å². The molecule has 1 saturated carbocycles. The molecular formula is C20H25N5OS. The van der Waals surface area contributed by atoms with Gasteiger partial charge in [-0.25, -0.2) is 15.0 Å². The maximum Gasteiger partial charge on any atom is 0.227 e. The highest BCUT2D eigenvalue weighted by Crippen LogP contribution is 2.38. The third kappa shape index (κ3) is 3.33. The first kappa shape index (κ1) is 17.1. The predicted octanol–water partition coefficient (Wildman–Crippen LogP) is 2.65. The Labute approximate surface area is 163 Å². The number of thiazole rings is 1. The molecule has 1 aliphatic carbocycles. The summed E-state index contributed by atoms with van der Waals surface area (Å²) >= 11 is 1.62. The molecule has 2 unspecified atom stereocenters. The number of aryl methyl sites for hydroxylation is 1. The molecule has 2 aromatic rings. The summed E-state index contributed by atoms with van der Waals surface area (Å²) in [6, 6.07) is 2.19. The number of carbonyl (C=O) groups excluding carboxylic acids is 1. The second-order valence-corrected chi connectivity index (χ2v) is 9.49. The minimum absolute atomic E-state index is 0.244. The highest BCUT2D eigenvalue weighted by Gasteiger charge is 2.42. The number of likely N-dealkylation sites (tertiary alicyclic amines) is 1. The van der Waals surface area contributed by atoms with Crippen LogP contribution in [0.2, 0.25) is 0 Å². The molecule has 0 bridgehead atoms. The van der Waals surface area contributed by atoms with Gasteiger partial charge in [0.2, 0.25) is 5.91 Å². The van der Waals surface area contributed by atoms with Crippen molar-refractivity contribution in [2.75, 3.05) is 31.1 Å². The first-order valence-electron chi connectivity index (χ1n) is 9.91. The number of aromatic nitrogens is 3. The summed E-state index contributed by atoms with van der Waals surface area (Å²) in [5, 5.41) is 1.03. The number of carbonyl (C=O) groups is 1. The van der Waals surface area contributed by atoms with E-state index >= 15 is 0 Å². The van der Waals surface area contributed by atoms with E-state index in [0.717, 1.165) is 41.9 Å². The summed E-state index contributed by atoms with van der Waals surface area (Å²) in [5.41, 5.74) is 1.21. The summed E-state index contributed by atoms with van der Waals surface area (Å²) in [7, 11) is 0. The minimum Gasteiger partial charge on any atom is -0.356 e. The van der Waals surface area contributed by atoms with Crippen LogP contribution in [-0.4, -0.2) is 51.9 Å². The fourth-order valence-corrected chi connectivity index (χ4v) is 5.38. The zero-order chi connectivity index (χ0) is 18.4. The molecule has 2 aromatic heterocycles. The number of fused-ring (bicyclic) bond motifs is 1. The maximum atomic E-state index is 12.6. The second kappa shape index (κ2) is 6.86. The van der Waals surface area contributed by atoms with Crippen LogP contribution in [0.5, 0.6) is 0 Å². The Morgan fingerprint density at radius 1 is 1.15 bits per heavy atom. The van der Waals surface area contributed by atoms with E-state index in [9.17, 15) is 4.79 Å². The van der Waals surface area contributed by atoms with Gasteiger partial charge in [-0.3, -0.25) is 4.79 Å². The summed E-state index contributed by atoms with van der Waals surface area (Å²) in [4.78, 5) is 31.4. The van der Waals surface area contributed by atoms with Gasteiger partial charge < -0.3 is 9.80 Å². The van der Waals surface area contributed by atoms with Crippen molar-refractivity contribution in [2.45, 2.75) is 38.5 Å². The van der Waals surface area contributed by atoms with Crippen molar-refractivity contribution < 1.29 is 4.79 Å². The lowest BCUT2D eigenvalue weighted by atomic mass is 9.83. The normalized spacial score (nSPS) is 24.9. The second-order valence-electron chi connectivity index (χ2n) is 8.18. The van der Waals surface area contributed by atoms with Crippen molar-refractivity contribution in [3.8, 4) is 0 Å². The molecule has 0 N–H and O–H groups in total. The smallest absolute Gasteiger partial charge is 0.227 e. The predicted molar refractivity (Wildman–Crippen MR) is 105 cm³/mol. The van der Waals surface area contributed by atoms with E-state index in [0.29, 0.717) is 24.2 Å². The molecule has 5 rings (SSSR count). The molecule has 6 nitrogen and oxygen atoms in total. The molecule has 0 aromatic carbocycles. The molecule has 2 aliphatic heterocycles. The molecule has 1 amide bonds. The van der Waals surface area contributed by atoms with E-state index in [1.807, 2.05) is 13.1 Å². The first-order valence-corrected chi connectivity index (χ1v) is 10.7. The fraction of sp³-hybridized carbons (Fsp3) is 0.600. The molecule has 142 valence electrons. The lowest BCUT2D eigenvalue weighted by Crippen LogP contribution is -2.34. The molecule has 7 heteroatoms. The third-order valence-corrected chi connectivity index (χ3v) is 7.27. The Balaban J connectivity index is 1.20. The van der Waals surface area contributed by atoms with E-state index in [2.05, 4.69) is 30.8 Å². The Bertz CT molecular complexity index is 834. The van der Waals surface area contributed by atoms with Crippen molar-refractivity contribution in [1.29, 1.82) is 0 Å². The Kier molecular flexibility index (Phi) is 4.34. The van der Waals surface area contributed by atoms with Gasteiger partial charge in [-0.1, -0.05) is 6.42 Å². The van der Waals surface area contributed by atoms with Crippen LogP contribution in [0.3, 0.4) is 0 Å². The van der Waals surface area contributed by atoms with Crippen LogP contribution >= 0.6 is 11.3 Å². The SMILES string of the molecule is Cc1ncc(CC(=O)N2CC3CN(c4cc(C5CCC5)ncn4)CC3C2)s1. The van der Waals surface area contributed by atoms with Crippen molar-refractivity contribution in [1.82, 2.24) is 19.9 Å². The van der Waals surface area contributed by atoms with Crippen LogP contribution < -0.4 is 4.90 Å². The molecule has 3 fully saturated rings. The summed E-state index contributed by atoms with van der Waals surface area (Å²) < 4.78 is 0. The minimum atomic E-state index is 0.244. The van der Waals surface area contributed by atoms with Crippen LogP contribution in [0.4, 0.5) is 5.82 Å². The van der Waals surface area contributed by atoms with Crippen molar-refractivity contribution in [3.63, 3.8) is 0 Å². The number of amides is 1. The van der Waals surface area contributed by atoms with Crippen LogP contribution in [0, 0.1) is 18.8 Å². The number of hydrogen-bond acceptors (Lipinski definition) is 6. The van der Waals surface area contributed by atoms with Gasteiger partial charge in [-0.05, 0) is 19.8 Å². The number of anilines is 1. The summed E-state index contributed by atoms with van der Waals surface area (Å²) in [5.74, 6) is 3.06. The molecule has 2 saturated heterocycles. The van der Waals surface area contributed by atoms with Gasteiger partial charge in [0.05, 0.1) is 11.4 Å². The Morgan fingerprint density at radius 2 is 1.93 bits per heavy atom. The van der Waals surface area contributed by atoms with Crippen LogP contribution in [-0.2, 0) is 11.2 Å². The van der Waals surface area contributed by atoms with E-state index in [1.54, 1.807) is 17.7 Å². The van der Waals surface area contributed by atoms with Gasteiger partial charge in [0, 0.05) is 66.8 Å². The van der Waals surface area contributed by atoms with Crippen molar-refractivity contribution in [2.24, 2.45) is 11.8 Å². The average Bonchev–Trinajstić information content (AvgIpc) is 3.28. The van der Waals surface area contributed by atoms with Gasteiger partial charge >= 0.3 is 0 Å². The van der Waals surface area contributed by atoms with E-state index in [-0.39, 0.29) is 5.91 Å². The summed E-state index contributed by atoms with van der Waals surface area (Å²) in [6.07, 6.45) is 7.90. The lowest BCUT2D eigenvalue weighted by molar-refractivity contribution is -0.129. The standard InChI is InChI=1S/C20H25N5OS/c1-13-21-7-17(27-13)5-20(26)25-10-15-8-24(9-16(15)11-25)19-6-18(22-12-23-19)14-3-2-4-14/h6-7,12,14-16H,2-5,8-11H2,1H3. The number of rotatable bonds is 4.